The Balaban J connectivity index is 1.96. The van der Waals surface area contributed by atoms with Crippen LogP contribution in [0.3, 0.4) is 0 Å². The number of ether oxygens (including phenoxy) is 2. The van der Waals surface area contributed by atoms with Crippen LogP contribution in [0.4, 0.5) is 0 Å². The number of fused-ring (bicyclic) bond motifs is 1. The Morgan fingerprint density at radius 3 is 2.42 bits per heavy atom. The molecule has 1 amide bonds. The predicted molar refractivity (Wildman–Crippen MR) is 168 cm³/mol. The van der Waals surface area contributed by atoms with E-state index >= 15 is 0 Å². The third-order valence-electron chi connectivity index (χ3n) is 6.34. The summed E-state index contributed by atoms with van der Waals surface area (Å²) in [5.74, 6) is 1.33. The van der Waals surface area contributed by atoms with Crippen LogP contribution in [0.25, 0.3) is 6.08 Å². The molecule has 2 heterocycles. The van der Waals surface area contributed by atoms with E-state index in [1.807, 2.05) is 70.2 Å². The minimum atomic E-state index is -0.654. The number of para-hydroxylation sites is 1. The Hall–Kier alpha value is -2.19. The standard InChI is InChI=1S/C28H29I2N3O4S/c1-6-32(7-2)27(35)23-16(4)31-28-33(24(23)18-11-9-10-12-21(18)36-5)26(34)22(38-28)15-17-13-19(29)25(37-8-3)20(30)14-17/h9-15,24H,6-8H2,1-5H3/b22-15+/t24-/m1/s1. The molecule has 1 aliphatic heterocycles. The van der Waals surface area contributed by atoms with Crippen LogP contribution in [-0.4, -0.2) is 42.2 Å². The van der Waals surface area contributed by atoms with Crippen molar-refractivity contribution in [2.45, 2.75) is 33.7 Å². The summed E-state index contributed by atoms with van der Waals surface area (Å²) in [6.07, 6.45) is 1.88. The van der Waals surface area contributed by atoms with Crippen LogP contribution in [-0.2, 0) is 4.79 Å². The molecule has 10 heteroatoms. The lowest BCUT2D eigenvalue weighted by molar-refractivity contribution is -0.127. The number of carbonyl (C=O) groups excluding carboxylic acids is 1. The normalized spacial score (nSPS) is 15.2. The summed E-state index contributed by atoms with van der Waals surface area (Å²) in [6, 6.07) is 10.9. The molecule has 0 radical (unpaired) electrons. The first kappa shape index (κ1) is 28.8. The molecular formula is C28H29I2N3O4S. The van der Waals surface area contributed by atoms with E-state index in [4.69, 9.17) is 14.5 Å². The van der Waals surface area contributed by atoms with Crippen LogP contribution >= 0.6 is 56.5 Å². The second-order valence-electron chi connectivity index (χ2n) is 8.55. The molecule has 4 rings (SSSR count). The van der Waals surface area contributed by atoms with Gasteiger partial charge in [-0.2, -0.15) is 0 Å². The average molecular weight is 757 g/mol. The number of hydrogen-bond acceptors (Lipinski definition) is 6. The molecule has 200 valence electrons. The van der Waals surface area contributed by atoms with E-state index in [1.165, 1.54) is 11.3 Å². The van der Waals surface area contributed by atoms with Gasteiger partial charge in [0.05, 0.1) is 36.7 Å². The van der Waals surface area contributed by atoms with Crippen LogP contribution in [0.5, 0.6) is 11.5 Å². The summed E-state index contributed by atoms with van der Waals surface area (Å²) in [6.45, 7) is 9.40. The molecule has 1 atom stereocenters. The van der Waals surface area contributed by atoms with E-state index in [2.05, 4.69) is 45.2 Å². The van der Waals surface area contributed by atoms with Crippen LogP contribution in [0.1, 0.15) is 44.9 Å². The number of hydrogen-bond donors (Lipinski definition) is 0. The predicted octanol–water partition coefficient (Wildman–Crippen LogP) is 4.72. The summed E-state index contributed by atoms with van der Waals surface area (Å²) in [5.41, 5.74) is 2.55. The number of likely N-dealkylation sites (N-methyl/N-ethyl adjacent to an activating group) is 1. The van der Waals surface area contributed by atoms with Crippen molar-refractivity contribution in [3.63, 3.8) is 0 Å². The van der Waals surface area contributed by atoms with E-state index in [0.717, 1.165) is 24.0 Å². The highest BCUT2D eigenvalue weighted by molar-refractivity contribution is 14.1. The molecule has 38 heavy (non-hydrogen) atoms. The minimum absolute atomic E-state index is 0.128. The molecule has 1 aliphatic rings. The number of nitrogens with zero attached hydrogens (tertiary/aromatic N) is 3. The van der Waals surface area contributed by atoms with E-state index in [0.29, 0.717) is 46.0 Å². The SMILES string of the molecule is CCOc1c(I)cc(/C=c2/sc3n(c2=O)[C@H](c2ccccc2OC)C(C(=O)N(CC)CC)=C(C)N=3)cc1I. The highest BCUT2D eigenvalue weighted by Crippen LogP contribution is 2.36. The molecule has 0 bridgehead atoms. The van der Waals surface area contributed by atoms with Crippen LogP contribution in [0, 0.1) is 7.14 Å². The third-order valence-corrected chi connectivity index (χ3v) is 8.93. The molecule has 0 spiro atoms. The Kier molecular flexibility index (Phi) is 9.35. The second kappa shape index (κ2) is 12.3. The van der Waals surface area contributed by atoms with E-state index < -0.39 is 6.04 Å². The molecule has 0 saturated carbocycles. The van der Waals surface area contributed by atoms with Gasteiger partial charge in [0.2, 0.25) is 0 Å². The van der Waals surface area contributed by atoms with Crippen molar-refractivity contribution in [2.75, 3.05) is 26.8 Å². The van der Waals surface area contributed by atoms with Gasteiger partial charge < -0.3 is 14.4 Å². The maximum Gasteiger partial charge on any atom is 0.271 e. The smallest absolute Gasteiger partial charge is 0.271 e. The molecule has 0 unspecified atom stereocenters. The molecule has 0 N–H and O–H groups in total. The van der Waals surface area contributed by atoms with Gasteiger partial charge in [-0.25, -0.2) is 4.99 Å². The number of thiazole rings is 1. The molecule has 7 nitrogen and oxygen atoms in total. The summed E-state index contributed by atoms with van der Waals surface area (Å²) < 4.78 is 15.6. The van der Waals surface area contributed by atoms with E-state index in [-0.39, 0.29) is 11.5 Å². The van der Waals surface area contributed by atoms with Crippen molar-refractivity contribution >= 4 is 68.5 Å². The maximum absolute atomic E-state index is 14.0. The second-order valence-corrected chi connectivity index (χ2v) is 11.9. The number of benzene rings is 2. The zero-order chi connectivity index (χ0) is 27.6. The number of halogens is 2. The number of allylic oxidation sites excluding steroid dienone is 1. The molecule has 0 aliphatic carbocycles. The first-order chi connectivity index (χ1) is 18.2. The Morgan fingerprint density at radius 2 is 1.82 bits per heavy atom. The zero-order valence-corrected chi connectivity index (χ0v) is 27.0. The van der Waals surface area contributed by atoms with E-state index in [1.54, 1.807) is 16.6 Å². The van der Waals surface area contributed by atoms with Crippen LogP contribution in [0.2, 0.25) is 0 Å². The van der Waals surface area contributed by atoms with Crippen molar-refractivity contribution < 1.29 is 14.3 Å². The topological polar surface area (TPSA) is 73.1 Å². The van der Waals surface area contributed by atoms with E-state index in [9.17, 15) is 9.59 Å². The van der Waals surface area contributed by atoms with Gasteiger partial charge in [0, 0.05) is 18.7 Å². The first-order valence-corrected chi connectivity index (χ1v) is 15.3. The van der Waals surface area contributed by atoms with Crippen molar-refractivity contribution in [3.05, 3.63) is 85.6 Å². The Labute approximate surface area is 253 Å². The van der Waals surface area contributed by atoms with Gasteiger partial charge >= 0.3 is 0 Å². The molecule has 2 aromatic carbocycles. The van der Waals surface area contributed by atoms with Gasteiger partial charge in [0.25, 0.3) is 11.5 Å². The number of carbonyl (C=O) groups is 1. The summed E-state index contributed by atoms with van der Waals surface area (Å²) >= 11 is 5.84. The number of methoxy groups -OCH3 is 1. The fourth-order valence-electron chi connectivity index (χ4n) is 4.56. The van der Waals surface area contributed by atoms with Crippen LogP contribution < -0.4 is 24.4 Å². The summed E-state index contributed by atoms with van der Waals surface area (Å²) in [4.78, 5) is 34.8. The van der Waals surface area contributed by atoms with Gasteiger partial charge in [-0.1, -0.05) is 29.5 Å². The fourth-order valence-corrected chi connectivity index (χ4v) is 7.73. The highest BCUT2D eigenvalue weighted by Gasteiger charge is 2.35. The lowest BCUT2D eigenvalue weighted by atomic mass is 9.94. The summed E-state index contributed by atoms with van der Waals surface area (Å²) in [7, 11) is 1.60. The van der Waals surface area contributed by atoms with Gasteiger partial charge in [-0.05, 0) is 103 Å². The lowest BCUT2D eigenvalue weighted by Gasteiger charge is -2.29. The largest absolute Gasteiger partial charge is 0.496 e. The average Bonchev–Trinajstić information content (AvgIpc) is 3.20. The third kappa shape index (κ3) is 5.44. The monoisotopic (exact) mass is 757 g/mol. The number of rotatable bonds is 8. The quantitative estimate of drug-likeness (QED) is 0.312. The van der Waals surface area contributed by atoms with Crippen LogP contribution in [0.15, 0.2) is 57.5 Å². The lowest BCUT2D eigenvalue weighted by Crippen LogP contribution is -2.43. The number of aromatic nitrogens is 1. The zero-order valence-electron chi connectivity index (χ0n) is 21.9. The fraction of sp³-hybridized carbons (Fsp3) is 0.321. The van der Waals surface area contributed by atoms with Gasteiger partial charge in [-0.15, -0.1) is 0 Å². The molecule has 3 aromatic rings. The molecule has 1 aromatic heterocycles. The Morgan fingerprint density at radius 1 is 1.16 bits per heavy atom. The highest BCUT2D eigenvalue weighted by atomic mass is 127. The molecule has 0 fully saturated rings. The minimum Gasteiger partial charge on any atom is -0.496 e. The van der Waals surface area contributed by atoms with Crippen molar-refractivity contribution in [1.29, 1.82) is 0 Å². The van der Waals surface area contributed by atoms with Crippen molar-refractivity contribution in [3.8, 4) is 11.5 Å². The van der Waals surface area contributed by atoms with Gasteiger partial charge in [0.1, 0.15) is 17.5 Å². The van der Waals surface area contributed by atoms with Crippen molar-refractivity contribution in [1.82, 2.24) is 9.47 Å². The Bertz CT molecular complexity index is 1560. The first-order valence-electron chi connectivity index (χ1n) is 12.3. The molecule has 0 saturated heterocycles. The van der Waals surface area contributed by atoms with Gasteiger partial charge in [0.15, 0.2) is 4.80 Å². The summed E-state index contributed by atoms with van der Waals surface area (Å²) in [5, 5.41) is 0. The number of amides is 1. The molecular weight excluding hydrogens is 728 g/mol. The van der Waals surface area contributed by atoms with Crippen molar-refractivity contribution in [2.24, 2.45) is 4.99 Å². The van der Waals surface area contributed by atoms with Gasteiger partial charge in [-0.3, -0.25) is 14.2 Å². The maximum atomic E-state index is 14.0.